The van der Waals surface area contributed by atoms with Gasteiger partial charge >= 0.3 is 0 Å². The van der Waals surface area contributed by atoms with E-state index in [0.29, 0.717) is 17.1 Å². The standard InChI is InChI=1S/C15H20BrClN2O3/c1-3-19-6-4-5-9(19)8-18-15(21)12-13(16)10(17)7-11(20)14(12)22-2/h7,9,20H,3-6,8H2,1-2H3,(H,18,21)/t9-/m0/s1. The Kier molecular flexibility index (Phi) is 5.94. The zero-order valence-electron chi connectivity index (χ0n) is 12.7. The van der Waals surface area contributed by atoms with Gasteiger partial charge < -0.3 is 15.2 Å². The van der Waals surface area contributed by atoms with Crippen molar-refractivity contribution in [2.45, 2.75) is 25.8 Å². The van der Waals surface area contributed by atoms with Gasteiger partial charge in [0, 0.05) is 18.7 Å². The Morgan fingerprint density at radius 1 is 1.64 bits per heavy atom. The summed E-state index contributed by atoms with van der Waals surface area (Å²) in [7, 11) is 1.40. The first-order chi connectivity index (χ1) is 10.5. The van der Waals surface area contributed by atoms with Crippen molar-refractivity contribution in [3.63, 3.8) is 0 Å². The van der Waals surface area contributed by atoms with Gasteiger partial charge in [-0.15, -0.1) is 0 Å². The first-order valence-electron chi connectivity index (χ1n) is 7.26. The maximum Gasteiger partial charge on any atom is 0.256 e. The second kappa shape index (κ2) is 7.53. The number of hydrogen-bond donors (Lipinski definition) is 2. The third-order valence-corrected chi connectivity index (χ3v) is 5.34. The molecular formula is C15H20BrClN2O3. The van der Waals surface area contributed by atoms with E-state index in [2.05, 4.69) is 33.1 Å². The van der Waals surface area contributed by atoms with E-state index >= 15 is 0 Å². The Morgan fingerprint density at radius 3 is 3.00 bits per heavy atom. The number of nitrogens with zero attached hydrogens (tertiary/aromatic N) is 1. The van der Waals surface area contributed by atoms with Gasteiger partial charge in [-0.2, -0.15) is 0 Å². The van der Waals surface area contributed by atoms with Crippen LogP contribution in [0.3, 0.4) is 0 Å². The van der Waals surface area contributed by atoms with Gasteiger partial charge in [0.25, 0.3) is 5.91 Å². The number of nitrogens with one attached hydrogen (secondary N) is 1. The fourth-order valence-electron chi connectivity index (χ4n) is 2.85. The fourth-order valence-corrected chi connectivity index (χ4v) is 3.52. The third kappa shape index (κ3) is 3.50. The molecule has 2 rings (SSSR count). The zero-order valence-corrected chi connectivity index (χ0v) is 15.0. The van der Waals surface area contributed by atoms with E-state index in [1.807, 2.05) is 0 Å². The van der Waals surface area contributed by atoms with E-state index in [9.17, 15) is 9.90 Å². The number of halogens is 2. The van der Waals surface area contributed by atoms with E-state index in [4.69, 9.17) is 16.3 Å². The number of likely N-dealkylation sites (N-methyl/N-ethyl adjacent to an activating group) is 1. The lowest BCUT2D eigenvalue weighted by molar-refractivity contribution is 0.0937. The van der Waals surface area contributed by atoms with Crippen molar-refractivity contribution in [2.24, 2.45) is 0 Å². The molecule has 0 unspecified atom stereocenters. The molecule has 0 aliphatic carbocycles. The fraction of sp³-hybridized carbons (Fsp3) is 0.533. The maximum atomic E-state index is 12.5. The van der Waals surface area contributed by atoms with E-state index < -0.39 is 0 Å². The smallest absolute Gasteiger partial charge is 0.256 e. The van der Waals surface area contributed by atoms with Crippen molar-refractivity contribution in [3.05, 3.63) is 21.1 Å². The second-order valence-electron chi connectivity index (χ2n) is 5.23. The quantitative estimate of drug-likeness (QED) is 0.810. The first kappa shape index (κ1) is 17.4. The van der Waals surface area contributed by atoms with Crippen LogP contribution < -0.4 is 10.1 Å². The minimum atomic E-state index is -0.315. The lowest BCUT2D eigenvalue weighted by atomic mass is 10.1. The van der Waals surface area contributed by atoms with E-state index in [1.165, 1.54) is 13.2 Å². The lowest BCUT2D eigenvalue weighted by Gasteiger charge is -2.23. The van der Waals surface area contributed by atoms with Crippen LogP contribution in [0.25, 0.3) is 0 Å². The number of ether oxygens (including phenoxy) is 1. The van der Waals surface area contributed by atoms with E-state index in [0.717, 1.165) is 25.9 Å². The van der Waals surface area contributed by atoms with Crippen LogP contribution in [-0.4, -0.2) is 48.7 Å². The van der Waals surface area contributed by atoms with Crippen LogP contribution in [0, 0.1) is 0 Å². The van der Waals surface area contributed by atoms with Crippen molar-refractivity contribution >= 4 is 33.4 Å². The molecule has 7 heteroatoms. The van der Waals surface area contributed by atoms with Gasteiger partial charge in [-0.05, 0) is 41.9 Å². The molecule has 0 aromatic heterocycles. The monoisotopic (exact) mass is 390 g/mol. The third-order valence-electron chi connectivity index (χ3n) is 3.99. The Morgan fingerprint density at radius 2 is 2.36 bits per heavy atom. The number of carbonyl (C=O) groups is 1. The highest BCUT2D eigenvalue weighted by atomic mass is 79.9. The Bertz CT molecular complexity index is 568. The number of aromatic hydroxyl groups is 1. The molecule has 1 fully saturated rings. The number of phenols is 1. The van der Waals surface area contributed by atoms with Gasteiger partial charge in [-0.3, -0.25) is 9.69 Å². The average Bonchev–Trinajstić information content (AvgIpc) is 2.95. The number of phenolic OH excluding ortho intramolecular Hbond substituents is 1. The van der Waals surface area contributed by atoms with Crippen LogP contribution in [0.1, 0.15) is 30.1 Å². The number of hydrogen-bond acceptors (Lipinski definition) is 4. The van der Waals surface area contributed by atoms with E-state index in [-0.39, 0.29) is 28.0 Å². The normalized spacial score (nSPS) is 18.5. The Hall–Kier alpha value is -0.980. The topological polar surface area (TPSA) is 61.8 Å². The van der Waals surface area contributed by atoms with Gasteiger partial charge in [-0.25, -0.2) is 0 Å². The predicted octanol–water partition coefficient (Wildman–Crippen LogP) is 3.03. The molecule has 1 heterocycles. The van der Waals surface area contributed by atoms with Crippen molar-refractivity contribution in [3.8, 4) is 11.5 Å². The molecule has 0 radical (unpaired) electrons. The second-order valence-corrected chi connectivity index (χ2v) is 6.43. The van der Waals surface area contributed by atoms with Crippen LogP contribution >= 0.6 is 27.5 Å². The molecule has 1 aromatic rings. The van der Waals surface area contributed by atoms with Crippen LogP contribution in [0.5, 0.6) is 11.5 Å². The molecule has 122 valence electrons. The molecule has 1 aliphatic rings. The number of amides is 1. The molecule has 0 saturated carbocycles. The van der Waals surface area contributed by atoms with Gasteiger partial charge in [0.15, 0.2) is 11.5 Å². The first-order valence-corrected chi connectivity index (χ1v) is 8.43. The summed E-state index contributed by atoms with van der Waals surface area (Å²) in [4.78, 5) is 14.8. The summed E-state index contributed by atoms with van der Waals surface area (Å²) in [6.45, 7) is 4.73. The summed E-state index contributed by atoms with van der Waals surface area (Å²) in [5, 5.41) is 13.1. The van der Waals surface area contributed by atoms with E-state index in [1.54, 1.807) is 0 Å². The van der Waals surface area contributed by atoms with Crippen molar-refractivity contribution < 1.29 is 14.6 Å². The van der Waals surface area contributed by atoms with Gasteiger partial charge in [-0.1, -0.05) is 18.5 Å². The minimum absolute atomic E-state index is 0.118. The number of rotatable bonds is 5. The molecule has 1 aliphatic heterocycles. The molecule has 22 heavy (non-hydrogen) atoms. The SMILES string of the molecule is CCN1CCC[C@H]1CNC(=O)c1c(Br)c(Cl)cc(O)c1OC. The summed E-state index contributed by atoms with van der Waals surface area (Å²) < 4.78 is 5.55. The summed E-state index contributed by atoms with van der Waals surface area (Å²) in [5.74, 6) is -0.353. The largest absolute Gasteiger partial charge is 0.504 e. The maximum absolute atomic E-state index is 12.5. The predicted molar refractivity (Wildman–Crippen MR) is 90.0 cm³/mol. The number of carbonyl (C=O) groups excluding carboxylic acids is 1. The molecule has 0 bridgehead atoms. The molecule has 1 atom stereocenters. The Labute approximate surface area is 143 Å². The van der Waals surface area contributed by atoms with Crippen LogP contribution in [0.15, 0.2) is 10.5 Å². The molecule has 1 saturated heterocycles. The number of methoxy groups -OCH3 is 1. The zero-order chi connectivity index (χ0) is 16.3. The van der Waals surface area contributed by atoms with Crippen LogP contribution in [0.2, 0.25) is 5.02 Å². The summed E-state index contributed by atoms with van der Waals surface area (Å²) >= 11 is 9.31. The summed E-state index contributed by atoms with van der Waals surface area (Å²) in [5.41, 5.74) is 0.216. The molecular weight excluding hydrogens is 372 g/mol. The molecule has 2 N–H and O–H groups in total. The minimum Gasteiger partial charge on any atom is -0.504 e. The summed E-state index contributed by atoms with van der Waals surface area (Å²) in [6, 6.07) is 1.70. The van der Waals surface area contributed by atoms with Gasteiger partial charge in [0.05, 0.1) is 16.6 Å². The molecule has 1 aromatic carbocycles. The highest BCUT2D eigenvalue weighted by molar-refractivity contribution is 9.10. The number of likely N-dealkylation sites (tertiary alicyclic amines) is 1. The molecule has 0 spiro atoms. The van der Waals surface area contributed by atoms with Crippen molar-refractivity contribution in [2.75, 3.05) is 26.7 Å². The Balaban J connectivity index is 2.16. The average molecular weight is 392 g/mol. The molecule has 1 amide bonds. The van der Waals surface area contributed by atoms with Crippen LogP contribution in [0.4, 0.5) is 0 Å². The lowest BCUT2D eigenvalue weighted by Crippen LogP contribution is -2.40. The summed E-state index contributed by atoms with van der Waals surface area (Å²) in [6.07, 6.45) is 2.23. The highest BCUT2D eigenvalue weighted by Crippen LogP contribution is 2.40. The van der Waals surface area contributed by atoms with Crippen molar-refractivity contribution in [1.82, 2.24) is 10.2 Å². The van der Waals surface area contributed by atoms with Crippen molar-refractivity contribution in [1.29, 1.82) is 0 Å². The van der Waals surface area contributed by atoms with Crippen LogP contribution in [-0.2, 0) is 0 Å². The highest BCUT2D eigenvalue weighted by Gasteiger charge is 2.26. The molecule has 5 nitrogen and oxygen atoms in total. The van der Waals surface area contributed by atoms with Gasteiger partial charge in [0.2, 0.25) is 0 Å². The number of benzene rings is 1. The van der Waals surface area contributed by atoms with Gasteiger partial charge in [0.1, 0.15) is 5.56 Å².